The van der Waals surface area contributed by atoms with E-state index in [1.54, 1.807) is 13.8 Å². The van der Waals surface area contributed by atoms with Crippen LogP contribution in [0.25, 0.3) is 0 Å². The molecule has 0 bridgehead atoms. The number of nitrogens with two attached hydrogens (primary N) is 1. The van der Waals surface area contributed by atoms with Crippen LogP contribution in [-0.4, -0.2) is 52.4 Å². The van der Waals surface area contributed by atoms with Gasteiger partial charge in [-0.1, -0.05) is 13.8 Å². The topological polar surface area (TPSA) is 149 Å². The van der Waals surface area contributed by atoms with Crippen molar-refractivity contribution in [2.24, 2.45) is 5.92 Å². The summed E-state index contributed by atoms with van der Waals surface area (Å²) in [6.07, 6.45) is -1.24. The summed E-state index contributed by atoms with van der Waals surface area (Å²) < 4.78 is 22.6. The Hall–Kier alpha value is -3.21. The Kier molecular flexibility index (Phi) is 5.45. The van der Waals surface area contributed by atoms with E-state index >= 15 is 0 Å². The third kappa shape index (κ3) is 4.03. The summed E-state index contributed by atoms with van der Waals surface area (Å²) in [5.74, 6) is -2.46. The molecule has 11 nitrogen and oxygen atoms in total. The number of carbonyl (C=O) groups is 3. The van der Waals surface area contributed by atoms with E-state index in [1.165, 1.54) is 12.3 Å². The second-order valence-electron chi connectivity index (χ2n) is 6.53. The molecule has 4 atom stereocenters. The van der Waals surface area contributed by atoms with Crippen molar-refractivity contribution in [2.45, 2.75) is 38.4 Å². The van der Waals surface area contributed by atoms with E-state index in [1.807, 2.05) is 0 Å². The SMILES string of the molecule is CC(C)C(=O)OC[C@H]1O[C@@H](n2ccc(N)nc2=O)[C@@H]2OC(=O)/C=C\C(=O)O[C@@H]21. The number of esters is 3. The molecule has 3 heterocycles. The number of nitrogen functional groups attached to an aromatic ring is 1. The largest absolute Gasteiger partial charge is 0.463 e. The normalized spacial score (nSPS) is 28.0. The molecule has 0 unspecified atom stereocenters. The molecule has 150 valence electrons. The highest BCUT2D eigenvalue weighted by molar-refractivity contribution is 5.92. The number of carbonyl (C=O) groups excluding carboxylic acids is 3. The van der Waals surface area contributed by atoms with E-state index in [0.717, 1.165) is 16.7 Å². The quantitative estimate of drug-likeness (QED) is 0.515. The fourth-order valence-corrected chi connectivity index (χ4v) is 2.77. The van der Waals surface area contributed by atoms with Crippen molar-refractivity contribution in [2.75, 3.05) is 12.3 Å². The Balaban J connectivity index is 1.93. The summed E-state index contributed by atoms with van der Waals surface area (Å²) in [7, 11) is 0. The minimum atomic E-state index is -1.16. The predicted molar refractivity (Wildman–Crippen MR) is 91.5 cm³/mol. The molecule has 0 spiro atoms. The summed E-state index contributed by atoms with van der Waals surface area (Å²) in [5, 5.41) is 0. The Labute approximate surface area is 159 Å². The molecule has 11 heteroatoms. The van der Waals surface area contributed by atoms with Crippen LogP contribution in [0.3, 0.4) is 0 Å². The van der Waals surface area contributed by atoms with Crippen molar-refractivity contribution in [3.63, 3.8) is 0 Å². The van der Waals surface area contributed by atoms with Gasteiger partial charge in [-0.25, -0.2) is 14.4 Å². The number of fused-ring (bicyclic) bond motifs is 1. The lowest BCUT2D eigenvalue weighted by Gasteiger charge is -2.25. The van der Waals surface area contributed by atoms with Gasteiger partial charge in [0.15, 0.2) is 18.4 Å². The highest BCUT2D eigenvalue weighted by Crippen LogP contribution is 2.34. The van der Waals surface area contributed by atoms with Crippen molar-refractivity contribution in [3.8, 4) is 0 Å². The van der Waals surface area contributed by atoms with E-state index in [2.05, 4.69) is 4.98 Å². The van der Waals surface area contributed by atoms with Crippen molar-refractivity contribution in [3.05, 3.63) is 34.9 Å². The fraction of sp³-hybridized carbons (Fsp3) is 0.471. The van der Waals surface area contributed by atoms with Crippen LogP contribution in [0.1, 0.15) is 20.1 Å². The average molecular weight is 393 g/mol. The number of ether oxygens (including phenoxy) is 4. The van der Waals surface area contributed by atoms with Crippen LogP contribution in [0, 0.1) is 5.92 Å². The lowest BCUT2D eigenvalue weighted by atomic mass is 10.1. The van der Waals surface area contributed by atoms with Gasteiger partial charge in [-0.2, -0.15) is 4.98 Å². The maximum Gasteiger partial charge on any atom is 0.351 e. The van der Waals surface area contributed by atoms with Crippen LogP contribution in [-0.2, 0) is 33.3 Å². The van der Waals surface area contributed by atoms with Crippen LogP contribution in [0.2, 0.25) is 0 Å². The zero-order valence-corrected chi connectivity index (χ0v) is 15.1. The molecule has 1 saturated heterocycles. The summed E-state index contributed by atoms with van der Waals surface area (Å²) in [6.45, 7) is 3.05. The molecule has 0 aromatic carbocycles. The van der Waals surface area contributed by atoms with Crippen LogP contribution >= 0.6 is 0 Å². The maximum absolute atomic E-state index is 12.2. The molecule has 0 saturated carbocycles. The smallest absolute Gasteiger partial charge is 0.351 e. The zero-order valence-electron chi connectivity index (χ0n) is 15.1. The Morgan fingerprint density at radius 2 is 1.86 bits per heavy atom. The molecule has 2 N–H and O–H groups in total. The zero-order chi connectivity index (χ0) is 20.4. The van der Waals surface area contributed by atoms with Crippen molar-refractivity contribution in [1.82, 2.24) is 9.55 Å². The molecule has 1 fully saturated rings. The highest BCUT2D eigenvalue weighted by Gasteiger charge is 2.51. The van der Waals surface area contributed by atoms with E-state index in [-0.39, 0.29) is 18.3 Å². The first-order valence-electron chi connectivity index (χ1n) is 8.52. The van der Waals surface area contributed by atoms with Gasteiger partial charge >= 0.3 is 23.6 Å². The molecular weight excluding hydrogens is 374 g/mol. The summed E-state index contributed by atoms with van der Waals surface area (Å²) in [5.41, 5.74) is 4.75. The van der Waals surface area contributed by atoms with Crippen LogP contribution < -0.4 is 11.4 Å². The first-order chi connectivity index (χ1) is 13.3. The second kappa shape index (κ2) is 7.80. The van der Waals surface area contributed by atoms with Gasteiger partial charge in [-0.05, 0) is 6.07 Å². The van der Waals surface area contributed by atoms with Crippen LogP contribution in [0.15, 0.2) is 29.2 Å². The molecule has 1 aromatic heterocycles. The minimum Gasteiger partial charge on any atom is -0.463 e. The van der Waals surface area contributed by atoms with Crippen molar-refractivity contribution in [1.29, 1.82) is 0 Å². The van der Waals surface area contributed by atoms with E-state index < -0.39 is 48.1 Å². The highest BCUT2D eigenvalue weighted by atomic mass is 16.7. The molecular formula is C17H19N3O8. The standard InChI is InChI=1S/C17H19N3O8/c1-8(2)16(23)25-7-9-13-14(28-12(22)4-3-11(21)27-13)15(26-9)20-6-5-10(18)19-17(20)24/h3-6,8-9,13-15H,7H2,1-2H3,(H2,18,19,24)/b4-3-/t9-,13-,14-,15-/m1/s1. The lowest BCUT2D eigenvalue weighted by molar-refractivity contribution is -0.165. The molecule has 0 amide bonds. The van der Waals surface area contributed by atoms with Crippen LogP contribution in [0.5, 0.6) is 0 Å². The van der Waals surface area contributed by atoms with Crippen molar-refractivity contribution >= 4 is 23.7 Å². The Morgan fingerprint density at radius 3 is 2.46 bits per heavy atom. The number of hydrogen-bond donors (Lipinski definition) is 1. The van der Waals surface area contributed by atoms with Gasteiger partial charge in [0, 0.05) is 18.3 Å². The fourth-order valence-electron chi connectivity index (χ4n) is 2.77. The van der Waals surface area contributed by atoms with Gasteiger partial charge in [0.05, 0.1) is 5.92 Å². The van der Waals surface area contributed by atoms with E-state index in [0.29, 0.717) is 0 Å². The van der Waals surface area contributed by atoms with Gasteiger partial charge in [0.1, 0.15) is 18.5 Å². The Morgan fingerprint density at radius 1 is 1.21 bits per heavy atom. The van der Waals surface area contributed by atoms with Gasteiger partial charge < -0.3 is 24.7 Å². The first-order valence-corrected chi connectivity index (χ1v) is 8.52. The van der Waals surface area contributed by atoms with Gasteiger partial charge in [-0.3, -0.25) is 9.36 Å². The summed E-state index contributed by atoms with van der Waals surface area (Å²) >= 11 is 0. The molecule has 3 rings (SSSR count). The van der Waals surface area contributed by atoms with Gasteiger partial charge in [-0.15, -0.1) is 0 Å². The van der Waals surface area contributed by atoms with Crippen LogP contribution in [0.4, 0.5) is 5.82 Å². The molecule has 2 aliphatic heterocycles. The first kappa shape index (κ1) is 19.5. The van der Waals surface area contributed by atoms with E-state index in [4.69, 9.17) is 24.7 Å². The Bertz CT molecular complexity index is 877. The van der Waals surface area contributed by atoms with Gasteiger partial charge in [0.25, 0.3) is 0 Å². The predicted octanol–water partition coefficient (Wildman–Crippen LogP) is -0.684. The number of hydrogen-bond acceptors (Lipinski definition) is 10. The molecule has 2 aliphatic rings. The average Bonchev–Trinajstić information content (AvgIpc) is 2.93. The molecule has 28 heavy (non-hydrogen) atoms. The third-order valence-electron chi connectivity index (χ3n) is 4.13. The van der Waals surface area contributed by atoms with Gasteiger partial charge in [0.2, 0.25) is 0 Å². The van der Waals surface area contributed by atoms with E-state index in [9.17, 15) is 19.2 Å². The number of rotatable bonds is 4. The van der Waals surface area contributed by atoms with Crippen molar-refractivity contribution < 1.29 is 33.3 Å². The number of aromatic nitrogens is 2. The molecule has 1 aromatic rings. The number of anilines is 1. The second-order valence-corrected chi connectivity index (χ2v) is 6.53. The lowest BCUT2D eigenvalue weighted by Crippen LogP contribution is -2.43. The summed E-state index contributed by atoms with van der Waals surface area (Å²) in [4.78, 5) is 51.4. The maximum atomic E-state index is 12.2. The summed E-state index contributed by atoms with van der Waals surface area (Å²) in [6, 6.07) is 1.36. The molecule has 0 radical (unpaired) electrons. The third-order valence-corrected chi connectivity index (χ3v) is 4.13. The number of nitrogens with zero attached hydrogens (tertiary/aromatic N) is 2. The molecule has 0 aliphatic carbocycles. The minimum absolute atomic E-state index is 0.00207. The monoisotopic (exact) mass is 393 g/mol.